The van der Waals surface area contributed by atoms with Crippen LogP contribution >= 0.6 is 22.9 Å². The monoisotopic (exact) mass is 428 g/mol. The van der Waals surface area contributed by atoms with Crippen molar-refractivity contribution in [1.29, 1.82) is 0 Å². The lowest BCUT2D eigenvalue weighted by molar-refractivity contribution is 0.260. The molecular weight excluding hydrogens is 410 g/mol. The molecule has 0 spiro atoms. The number of anilines is 1. The molecule has 0 saturated carbocycles. The number of rotatable bonds is 0. The van der Waals surface area contributed by atoms with Crippen LogP contribution in [0, 0.1) is 12.7 Å². The van der Waals surface area contributed by atoms with Crippen molar-refractivity contribution in [1.82, 2.24) is 12.7 Å². The molecule has 0 bridgehead atoms. The van der Waals surface area contributed by atoms with E-state index >= 15 is 0 Å². The Kier molecular flexibility index (Phi) is 3.60. The first-order valence-corrected chi connectivity index (χ1v) is 8.80. The van der Waals surface area contributed by atoms with Crippen LogP contribution in [-0.4, -0.2) is 45.4 Å². The lowest BCUT2D eigenvalue weighted by Crippen LogP contribution is -2.52. The molecule has 0 amide bonds. The second-order valence-electron chi connectivity index (χ2n) is 6.53. The maximum absolute atomic E-state index is 14.8. The predicted octanol–water partition coefficient (Wildman–Crippen LogP) is 2.11. The Morgan fingerprint density at radius 1 is 1.39 bits per heavy atom. The summed E-state index contributed by atoms with van der Waals surface area (Å²) in [5, 5.41) is 0.814. The third-order valence-corrected chi connectivity index (χ3v) is 5.94. The summed E-state index contributed by atoms with van der Waals surface area (Å²) in [4.78, 5) is 21.1. The third-order valence-electron chi connectivity index (χ3n) is 5.01. The number of aryl methyl sites for hydroxylation is 2. The van der Waals surface area contributed by atoms with E-state index in [2.05, 4.69) is 21.8 Å². The summed E-state index contributed by atoms with van der Waals surface area (Å²) in [6, 6.07) is 2.05. The molecule has 1 atom stereocenters. The molecule has 1 saturated heterocycles. The molecule has 122 valence electrons. The van der Waals surface area contributed by atoms with Crippen molar-refractivity contribution in [2.45, 2.75) is 25.8 Å². The SMILES string of the molecule is Cc1cc2c3c(nc(=O)n2I)N2CCN(C)CC2CCc3c1F. The lowest BCUT2D eigenvalue weighted by atomic mass is 10.00. The van der Waals surface area contributed by atoms with Crippen LogP contribution in [-0.2, 0) is 6.42 Å². The van der Waals surface area contributed by atoms with Crippen molar-refractivity contribution in [3.05, 3.63) is 33.5 Å². The summed E-state index contributed by atoms with van der Waals surface area (Å²) in [5.41, 5.74) is 1.79. The molecule has 2 aliphatic heterocycles. The van der Waals surface area contributed by atoms with Gasteiger partial charge in [0.25, 0.3) is 0 Å². The van der Waals surface area contributed by atoms with Crippen molar-refractivity contribution in [2.75, 3.05) is 31.6 Å². The van der Waals surface area contributed by atoms with E-state index in [1.807, 2.05) is 22.9 Å². The van der Waals surface area contributed by atoms with Gasteiger partial charge in [0.15, 0.2) is 0 Å². The highest BCUT2D eigenvalue weighted by Crippen LogP contribution is 2.37. The van der Waals surface area contributed by atoms with E-state index in [1.165, 1.54) is 2.78 Å². The topological polar surface area (TPSA) is 41.4 Å². The standard InChI is InChI=1S/C16H18FIN4O/c1-9-7-12-13-11(14(9)17)4-3-10-8-20(2)5-6-21(10)15(13)19-16(23)22(12)18/h7,10H,3-6,8H2,1-2H3. The Bertz CT molecular complexity index is 866. The van der Waals surface area contributed by atoms with Crippen molar-refractivity contribution in [3.63, 3.8) is 0 Å². The summed E-state index contributed by atoms with van der Waals surface area (Å²) in [5.74, 6) is 0.520. The predicted molar refractivity (Wildman–Crippen MR) is 97.1 cm³/mol. The molecule has 1 unspecified atom stereocenters. The summed E-state index contributed by atoms with van der Waals surface area (Å²) in [7, 11) is 2.10. The van der Waals surface area contributed by atoms with E-state index in [4.69, 9.17) is 0 Å². The molecule has 3 heterocycles. The third kappa shape index (κ3) is 2.27. The number of likely N-dealkylation sites (N-methyl/N-ethyl adjacent to an activating group) is 1. The Morgan fingerprint density at radius 3 is 2.96 bits per heavy atom. The lowest BCUT2D eigenvalue weighted by Gasteiger charge is -2.40. The summed E-state index contributed by atoms with van der Waals surface area (Å²) >= 11 is 1.96. The highest BCUT2D eigenvalue weighted by atomic mass is 127. The van der Waals surface area contributed by atoms with Crippen LogP contribution in [0.5, 0.6) is 0 Å². The molecule has 23 heavy (non-hydrogen) atoms. The fourth-order valence-corrected chi connectivity index (χ4v) is 4.32. The molecule has 5 nitrogen and oxygen atoms in total. The fourth-order valence-electron chi connectivity index (χ4n) is 3.83. The Morgan fingerprint density at radius 2 is 2.17 bits per heavy atom. The van der Waals surface area contributed by atoms with Crippen molar-refractivity contribution in [2.24, 2.45) is 0 Å². The van der Waals surface area contributed by atoms with Gasteiger partial charge in [-0.05, 0) is 38.4 Å². The van der Waals surface area contributed by atoms with Gasteiger partial charge in [-0.2, -0.15) is 4.98 Å². The zero-order valence-corrected chi connectivity index (χ0v) is 15.3. The number of piperazine rings is 1. The minimum Gasteiger partial charge on any atom is -0.350 e. The maximum atomic E-state index is 14.8. The Balaban J connectivity index is 2.06. The van der Waals surface area contributed by atoms with Crippen LogP contribution in [0.3, 0.4) is 0 Å². The Labute approximate surface area is 147 Å². The average molecular weight is 428 g/mol. The smallest absolute Gasteiger partial charge is 0.350 e. The first-order valence-electron chi connectivity index (χ1n) is 7.83. The molecule has 7 heteroatoms. The summed E-state index contributed by atoms with van der Waals surface area (Å²) in [6.07, 6.45) is 1.56. The molecule has 1 aromatic carbocycles. The van der Waals surface area contributed by atoms with Gasteiger partial charge in [-0.3, -0.25) is 0 Å². The van der Waals surface area contributed by atoms with Crippen LogP contribution in [0.15, 0.2) is 10.9 Å². The first kappa shape index (κ1) is 15.3. The maximum Gasteiger partial charge on any atom is 0.359 e. The zero-order valence-electron chi connectivity index (χ0n) is 13.1. The normalized spacial score (nSPS) is 21.4. The van der Waals surface area contributed by atoms with Gasteiger partial charge in [0.05, 0.1) is 28.4 Å². The fraction of sp³-hybridized carbons (Fsp3) is 0.500. The first-order chi connectivity index (χ1) is 11.0. The largest absolute Gasteiger partial charge is 0.359 e. The number of nitrogens with zero attached hydrogens (tertiary/aromatic N) is 4. The quantitative estimate of drug-likeness (QED) is 0.603. The van der Waals surface area contributed by atoms with Crippen LogP contribution in [0.1, 0.15) is 17.5 Å². The van der Waals surface area contributed by atoms with Crippen LogP contribution in [0.2, 0.25) is 0 Å². The summed E-state index contributed by atoms with van der Waals surface area (Å²) < 4.78 is 16.3. The van der Waals surface area contributed by atoms with E-state index in [9.17, 15) is 9.18 Å². The second-order valence-corrected chi connectivity index (χ2v) is 7.49. The van der Waals surface area contributed by atoms with Gasteiger partial charge in [-0.15, -0.1) is 0 Å². The zero-order chi connectivity index (χ0) is 16.3. The average Bonchev–Trinajstić information content (AvgIpc) is 2.67. The molecule has 0 N–H and O–H groups in total. The van der Waals surface area contributed by atoms with Crippen LogP contribution in [0.25, 0.3) is 10.9 Å². The van der Waals surface area contributed by atoms with E-state index in [-0.39, 0.29) is 17.5 Å². The molecule has 4 rings (SSSR count). The number of benzene rings is 1. The molecule has 0 aliphatic carbocycles. The number of halogens is 2. The number of hydrogen-bond acceptors (Lipinski definition) is 4. The van der Waals surface area contributed by atoms with E-state index in [0.29, 0.717) is 23.4 Å². The van der Waals surface area contributed by atoms with E-state index in [0.717, 1.165) is 37.0 Å². The van der Waals surface area contributed by atoms with Crippen LogP contribution < -0.4 is 10.6 Å². The Hall–Kier alpha value is -1.22. The molecule has 0 radical (unpaired) electrons. The van der Waals surface area contributed by atoms with Gasteiger partial charge in [-0.1, -0.05) is 0 Å². The van der Waals surface area contributed by atoms with Crippen molar-refractivity contribution >= 4 is 39.6 Å². The molecule has 1 aromatic heterocycles. The minimum atomic E-state index is -0.287. The molecule has 1 fully saturated rings. The highest BCUT2D eigenvalue weighted by Gasteiger charge is 2.33. The van der Waals surface area contributed by atoms with Crippen molar-refractivity contribution in [3.8, 4) is 0 Å². The van der Waals surface area contributed by atoms with E-state index in [1.54, 1.807) is 13.0 Å². The molecular formula is C16H18FIN4O. The highest BCUT2D eigenvalue weighted by molar-refractivity contribution is 14.1. The number of fused-ring (bicyclic) bond motifs is 2. The number of aromatic nitrogens is 2. The second kappa shape index (κ2) is 5.41. The summed E-state index contributed by atoms with van der Waals surface area (Å²) in [6.45, 7) is 4.43. The van der Waals surface area contributed by atoms with Gasteiger partial charge < -0.3 is 9.80 Å². The van der Waals surface area contributed by atoms with E-state index < -0.39 is 0 Å². The van der Waals surface area contributed by atoms with Gasteiger partial charge in [0.1, 0.15) is 11.6 Å². The molecule has 2 aromatic rings. The van der Waals surface area contributed by atoms with Gasteiger partial charge >= 0.3 is 5.69 Å². The number of hydrogen-bond donors (Lipinski definition) is 0. The van der Waals surface area contributed by atoms with Gasteiger partial charge in [-0.25, -0.2) is 12.0 Å². The molecule has 2 aliphatic rings. The van der Waals surface area contributed by atoms with Crippen LogP contribution in [0.4, 0.5) is 10.2 Å². The minimum absolute atomic E-state index is 0.149. The van der Waals surface area contributed by atoms with Gasteiger partial charge in [0, 0.05) is 36.6 Å². The van der Waals surface area contributed by atoms with Gasteiger partial charge in [0.2, 0.25) is 0 Å². The van der Waals surface area contributed by atoms with Crippen molar-refractivity contribution < 1.29 is 4.39 Å².